The van der Waals surface area contributed by atoms with Crippen molar-refractivity contribution in [2.45, 2.75) is 11.9 Å². The molecule has 31 heavy (non-hydrogen) atoms. The number of hydrogen-bond acceptors (Lipinski definition) is 7. The highest BCUT2D eigenvalue weighted by Gasteiger charge is 2.39. The zero-order chi connectivity index (χ0) is 22.4. The summed E-state index contributed by atoms with van der Waals surface area (Å²) in [6.07, 6.45) is -4.81. The number of aromatic nitrogens is 4. The monoisotopic (exact) mass is 432 g/mol. The Morgan fingerprint density at radius 2 is 1.77 bits per heavy atom. The number of nitrogens with zero attached hydrogens (tertiary/aromatic N) is 4. The molecule has 0 saturated carbocycles. The molecule has 9 nitrogen and oxygen atoms in total. The lowest BCUT2D eigenvalue weighted by molar-refractivity contribution is -0.274. The van der Waals surface area contributed by atoms with Gasteiger partial charge in [-0.2, -0.15) is 4.52 Å². The molecular formula is C19H15F3N6O3. The molecule has 0 aliphatic carbocycles. The fraction of sp³-hybridized carbons (Fsp3) is 0.158. The van der Waals surface area contributed by atoms with Gasteiger partial charge in [-0.1, -0.05) is 12.1 Å². The molecule has 0 saturated heterocycles. The van der Waals surface area contributed by atoms with Crippen LogP contribution < -0.4 is 16.2 Å². The van der Waals surface area contributed by atoms with E-state index in [1.165, 1.54) is 16.6 Å². The third-order valence-corrected chi connectivity index (χ3v) is 4.61. The summed E-state index contributed by atoms with van der Waals surface area (Å²) in [5, 5.41) is 14.6. The van der Waals surface area contributed by atoms with Gasteiger partial charge in [-0.25, -0.2) is 9.97 Å². The van der Waals surface area contributed by atoms with E-state index >= 15 is 0 Å². The molecule has 160 valence electrons. The van der Waals surface area contributed by atoms with Crippen molar-refractivity contribution in [3.05, 3.63) is 54.4 Å². The molecule has 0 unspecified atom stereocenters. The first-order valence-electron chi connectivity index (χ1n) is 8.84. The van der Waals surface area contributed by atoms with Crippen molar-refractivity contribution in [3.8, 4) is 17.1 Å². The number of alkyl halides is 3. The quantitative estimate of drug-likeness (QED) is 0.434. The van der Waals surface area contributed by atoms with Crippen molar-refractivity contribution >= 4 is 22.5 Å². The van der Waals surface area contributed by atoms with Crippen LogP contribution in [-0.4, -0.2) is 43.6 Å². The van der Waals surface area contributed by atoms with Crippen molar-refractivity contribution in [1.29, 1.82) is 0 Å². The van der Waals surface area contributed by atoms with Crippen molar-refractivity contribution in [2.24, 2.45) is 11.5 Å². The Morgan fingerprint density at radius 1 is 1.10 bits per heavy atom. The predicted molar refractivity (Wildman–Crippen MR) is 103 cm³/mol. The lowest BCUT2D eigenvalue weighted by Crippen LogP contribution is -2.53. The molecule has 4 aromatic rings. The number of para-hydroxylation sites is 1. The van der Waals surface area contributed by atoms with E-state index in [-0.39, 0.29) is 17.3 Å². The first kappa shape index (κ1) is 20.5. The number of aliphatic hydroxyl groups excluding tert-OH is 1. The molecule has 1 amide bonds. The largest absolute Gasteiger partial charge is 0.573 e. The van der Waals surface area contributed by atoms with E-state index in [1.54, 1.807) is 24.3 Å². The second-order valence-corrected chi connectivity index (χ2v) is 6.69. The van der Waals surface area contributed by atoms with Crippen molar-refractivity contribution < 1.29 is 27.8 Å². The molecule has 1 atom stereocenters. The van der Waals surface area contributed by atoms with Gasteiger partial charge in [-0.05, 0) is 36.4 Å². The van der Waals surface area contributed by atoms with Crippen LogP contribution >= 0.6 is 0 Å². The van der Waals surface area contributed by atoms with Crippen LogP contribution in [0.25, 0.3) is 27.9 Å². The zero-order valence-electron chi connectivity index (χ0n) is 15.7. The summed E-state index contributed by atoms with van der Waals surface area (Å²) in [7, 11) is 0. The van der Waals surface area contributed by atoms with Crippen molar-refractivity contribution in [1.82, 2.24) is 19.6 Å². The minimum Gasteiger partial charge on any atom is -0.406 e. The topological polar surface area (TPSA) is 142 Å². The highest BCUT2D eigenvalue weighted by Crippen LogP contribution is 2.28. The Bertz CT molecular complexity index is 1290. The van der Waals surface area contributed by atoms with Gasteiger partial charge >= 0.3 is 6.36 Å². The molecule has 2 aromatic carbocycles. The van der Waals surface area contributed by atoms with Gasteiger partial charge in [0.15, 0.2) is 22.8 Å². The van der Waals surface area contributed by atoms with Crippen LogP contribution in [0.15, 0.2) is 48.5 Å². The Labute approximate surface area is 172 Å². The van der Waals surface area contributed by atoms with Crippen LogP contribution in [0.1, 0.15) is 5.82 Å². The van der Waals surface area contributed by atoms with Gasteiger partial charge in [0.2, 0.25) is 5.91 Å². The Hall–Kier alpha value is -3.77. The summed E-state index contributed by atoms with van der Waals surface area (Å²) in [6, 6.07) is 11.8. The van der Waals surface area contributed by atoms with Gasteiger partial charge in [0.05, 0.1) is 12.1 Å². The lowest BCUT2D eigenvalue weighted by atomic mass is 10.00. The molecule has 2 heterocycles. The molecule has 12 heteroatoms. The first-order chi connectivity index (χ1) is 14.6. The first-order valence-corrected chi connectivity index (χ1v) is 8.84. The third kappa shape index (κ3) is 3.62. The van der Waals surface area contributed by atoms with Gasteiger partial charge in [-0.3, -0.25) is 4.79 Å². The van der Waals surface area contributed by atoms with Gasteiger partial charge in [0.25, 0.3) is 0 Å². The lowest BCUT2D eigenvalue weighted by Gasteiger charge is -2.23. The number of fused-ring (bicyclic) bond motifs is 3. The van der Waals surface area contributed by atoms with E-state index in [4.69, 9.17) is 11.5 Å². The minimum atomic E-state index is -4.81. The van der Waals surface area contributed by atoms with Crippen LogP contribution in [0.4, 0.5) is 13.2 Å². The third-order valence-electron chi connectivity index (χ3n) is 4.61. The molecule has 0 aliphatic rings. The maximum Gasteiger partial charge on any atom is 0.573 e. The van der Waals surface area contributed by atoms with E-state index in [0.29, 0.717) is 16.5 Å². The van der Waals surface area contributed by atoms with Crippen LogP contribution in [-0.2, 0) is 10.3 Å². The Balaban J connectivity index is 1.91. The summed E-state index contributed by atoms with van der Waals surface area (Å²) in [5.41, 5.74) is 10.5. The maximum absolute atomic E-state index is 12.4. The predicted octanol–water partition coefficient (Wildman–Crippen LogP) is 1.47. The van der Waals surface area contributed by atoms with Gasteiger partial charge in [0, 0.05) is 10.9 Å². The average Bonchev–Trinajstić information content (AvgIpc) is 3.17. The van der Waals surface area contributed by atoms with Crippen LogP contribution in [0, 0.1) is 0 Å². The van der Waals surface area contributed by atoms with E-state index in [0.717, 1.165) is 12.1 Å². The summed E-state index contributed by atoms with van der Waals surface area (Å²) in [6.45, 7) is -0.832. The number of benzene rings is 2. The molecule has 5 N–H and O–H groups in total. The number of carbonyl (C=O) groups excluding carboxylic acids is 1. The summed E-state index contributed by atoms with van der Waals surface area (Å²) in [4.78, 5) is 20.8. The number of ether oxygens (including phenoxy) is 1. The number of primary amides is 1. The van der Waals surface area contributed by atoms with Gasteiger partial charge < -0.3 is 21.3 Å². The zero-order valence-corrected chi connectivity index (χ0v) is 15.7. The van der Waals surface area contributed by atoms with Crippen molar-refractivity contribution in [2.75, 3.05) is 6.61 Å². The van der Waals surface area contributed by atoms with Crippen LogP contribution in [0.3, 0.4) is 0 Å². The minimum absolute atomic E-state index is 0.128. The number of halogens is 3. The van der Waals surface area contributed by atoms with Gasteiger partial charge in [-0.15, -0.1) is 18.3 Å². The average molecular weight is 432 g/mol. The number of nitrogens with two attached hydrogens (primary N) is 2. The van der Waals surface area contributed by atoms with Crippen LogP contribution in [0.5, 0.6) is 5.75 Å². The maximum atomic E-state index is 12.4. The second kappa shape index (κ2) is 7.18. The van der Waals surface area contributed by atoms with E-state index in [1.807, 2.05) is 0 Å². The summed E-state index contributed by atoms with van der Waals surface area (Å²) >= 11 is 0. The Morgan fingerprint density at radius 3 is 2.39 bits per heavy atom. The van der Waals surface area contributed by atoms with E-state index in [2.05, 4.69) is 19.8 Å². The fourth-order valence-corrected chi connectivity index (χ4v) is 3.03. The molecule has 0 radical (unpaired) electrons. The normalized spacial score (nSPS) is 14.0. The molecular weight excluding hydrogens is 417 g/mol. The smallest absolute Gasteiger partial charge is 0.406 e. The number of carbonyl (C=O) groups is 1. The molecule has 0 spiro atoms. The number of hydrogen-bond donors (Lipinski definition) is 3. The molecule has 0 aliphatic heterocycles. The van der Waals surface area contributed by atoms with E-state index < -0.39 is 30.2 Å². The van der Waals surface area contributed by atoms with Crippen LogP contribution in [0.2, 0.25) is 0 Å². The highest BCUT2D eigenvalue weighted by molar-refractivity contribution is 5.93. The summed E-state index contributed by atoms with van der Waals surface area (Å²) in [5.74, 6) is -1.43. The molecule has 0 bridgehead atoms. The molecule has 2 aromatic heterocycles. The standard InChI is InChI=1S/C19H15F3N6O3/c20-19(21,22)31-11-7-5-10(6-8-11)14-26-15-12-3-1-2-4-13(12)25-17(28(15)27-14)18(24,9-29)16(23)30/h1-8,29H,9,24H2,(H2,23,30)/t18-/m1/s1. The highest BCUT2D eigenvalue weighted by atomic mass is 19.4. The van der Waals surface area contributed by atoms with Gasteiger partial charge in [0.1, 0.15) is 5.75 Å². The van der Waals surface area contributed by atoms with E-state index in [9.17, 15) is 23.1 Å². The summed E-state index contributed by atoms with van der Waals surface area (Å²) < 4.78 is 42.2. The number of rotatable bonds is 5. The molecule has 0 fully saturated rings. The second-order valence-electron chi connectivity index (χ2n) is 6.69. The number of amides is 1. The SMILES string of the molecule is NC(=O)[C@](N)(CO)c1nc2ccccc2c2nc(-c3ccc(OC(F)(F)F)cc3)nn12. The van der Waals surface area contributed by atoms with Crippen molar-refractivity contribution in [3.63, 3.8) is 0 Å². The number of aliphatic hydroxyl groups is 1. The Kier molecular flexibility index (Phi) is 4.75. The molecule has 4 rings (SSSR count). The fourth-order valence-electron chi connectivity index (χ4n) is 3.03.